The molecule has 1 heterocycles. The number of methoxy groups -OCH3 is 1. The second-order valence-corrected chi connectivity index (χ2v) is 4.77. The summed E-state index contributed by atoms with van der Waals surface area (Å²) in [6, 6.07) is 4.76. The molecular formula is C16H19N3O5. The van der Waals surface area contributed by atoms with E-state index in [4.69, 9.17) is 13.9 Å². The van der Waals surface area contributed by atoms with Gasteiger partial charge < -0.3 is 19.2 Å². The normalized spacial score (nSPS) is 10.1. The maximum absolute atomic E-state index is 12.2. The quantitative estimate of drug-likeness (QED) is 0.798. The monoisotopic (exact) mass is 333 g/mol. The van der Waals surface area contributed by atoms with Gasteiger partial charge in [-0.2, -0.15) is 0 Å². The smallest absolute Gasteiger partial charge is 0.301 e. The minimum Gasteiger partial charge on any atom is -0.493 e. The Kier molecular flexibility index (Phi) is 5.78. The van der Waals surface area contributed by atoms with E-state index in [-0.39, 0.29) is 18.5 Å². The van der Waals surface area contributed by atoms with Crippen LogP contribution in [0.4, 0.5) is 6.01 Å². The first-order chi connectivity index (χ1) is 11.6. The summed E-state index contributed by atoms with van der Waals surface area (Å²) in [6.07, 6.45) is 2.25. The van der Waals surface area contributed by atoms with Crippen LogP contribution in [0.15, 0.2) is 28.8 Å². The Morgan fingerprint density at radius 1 is 1.29 bits per heavy atom. The molecular weight excluding hydrogens is 314 g/mol. The molecule has 1 aromatic heterocycles. The van der Waals surface area contributed by atoms with E-state index in [1.54, 1.807) is 18.3 Å². The molecule has 0 fully saturated rings. The molecule has 0 unspecified atom stereocenters. The molecule has 2 N–H and O–H groups in total. The Hall–Kier alpha value is -3.03. The molecule has 128 valence electrons. The van der Waals surface area contributed by atoms with Crippen molar-refractivity contribution >= 4 is 17.8 Å². The number of rotatable bonds is 7. The van der Waals surface area contributed by atoms with Gasteiger partial charge in [-0.25, -0.2) is 4.98 Å². The fourth-order valence-corrected chi connectivity index (χ4v) is 1.84. The zero-order valence-corrected chi connectivity index (χ0v) is 13.7. The average molecular weight is 333 g/mol. The first-order valence-electron chi connectivity index (χ1n) is 7.34. The standard InChI is InChI=1S/C16H19N3O5/c1-4-11-8-18-16(24-11)19-15(21)10-5-6-12(13(7-10)22-3)23-9-14(20)17-2/h5-8H,4,9H2,1-3H3,(H,17,20)(H,18,19,21). The minimum atomic E-state index is -0.393. The Morgan fingerprint density at radius 3 is 2.71 bits per heavy atom. The number of anilines is 1. The van der Waals surface area contributed by atoms with Crippen LogP contribution in [0.1, 0.15) is 23.0 Å². The van der Waals surface area contributed by atoms with Crippen LogP contribution in [0.2, 0.25) is 0 Å². The molecule has 0 aliphatic heterocycles. The number of nitrogens with one attached hydrogen (secondary N) is 2. The summed E-state index contributed by atoms with van der Waals surface area (Å²) in [6.45, 7) is 1.78. The first-order valence-corrected chi connectivity index (χ1v) is 7.34. The molecule has 2 aromatic rings. The van der Waals surface area contributed by atoms with Gasteiger partial charge in [-0.3, -0.25) is 14.9 Å². The lowest BCUT2D eigenvalue weighted by molar-refractivity contribution is -0.122. The van der Waals surface area contributed by atoms with E-state index < -0.39 is 5.91 Å². The number of hydrogen-bond acceptors (Lipinski definition) is 6. The zero-order chi connectivity index (χ0) is 17.5. The second kappa shape index (κ2) is 8.00. The largest absolute Gasteiger partial charge is 0.493 e. The number of oxazole rings is 1. The lowest BCUT2D eigenvalue weighted by Crippen LogP contribution is -2.25. The number of aromatic nitrogens is 1. The molecule has 0 radical (unpaired) electrons. The summed E-state index contributed by atoms with van der Waals surface area (Å²) in [4.78, 5) is 27.4. The van der Waals surface area contributed by atoms with Crippen molar-refractivity contribution in [2.24, 2.45) is 0 Å². The molecule has 0 bridgehead atoms. The molecule has 0 spiro atoms. The van der Waals surface area contributed by atoms with Crippen LogP contribution in [0, 0.1) is 0 Å². The van der Waals surface area contributed by atoms with Gasteiger partial charge >= 0.3 is 6.01 Å². The topological polar surface area (TPSA) is 103 Å². The minimum absolute atomic E-state index is 0.135. The number of aryl methyl sites for hydroxylation is 1. The Balaban J connectivity index is 2.09. The maximum Gasteiger partial charge on any atom is 0.301 e. The van der Waals surface area contributed by atoms with Crippen molar-refractivity contribution in [1.82, 2.24) is 10.3 Å². The molecule has 0 aliphatic carbocycles. The fraction of sp³-hybridized carbons (Fsp3) is 0.312. The van der Waals surface area contributed by atoms with Crippen LogP contribution >= 0.6 is 0 Å². The van der Waals surface area contributed by atoms with Crippen LogP contribution in [0.25, 0.3) is 0 Å². The third kappa shape index (κ3) is 4.25. The van der Waals surface area contributed by atoms with E-state index in [1.165, 1.54) is 20.2 Å². The molecule has 8 nitrogen and oxygen atoms in total. The van der Waals surface area contributed by atoms with E-state index in [0.29, 0.717) is 29.2 Å². The number of carbonyl (C=O) groups is 2. The van der Waals surface area contributed by atoms with Gasteiger partial charge in [0.25, 0.3) is 11.8 Å². The van der Waals surface area contributed by atoms with E-state index in [2.05, 4.69) is 15.6 Å². The van der Waals surface area contributed by atoms with E-state index in [9.17, 15) is 9.59 Å². The number of amides is 2. The molecule has 0 saturated heterocycles. The van der Waals surface area contributed by atoms with Gasteiger partial charge in [0.1, 0.15) is 5.76 Å². The van der Waals surface area contributed by atoms with E-state index in [0.717, 1.165) is 0 Å². The van der Waals surface area contributed by atoms with Gasteiger partial charge in [0.05, 0.1) is 13.3 Å². The van der Waals surface area contributed by atoms with Crippen molar-refractivity contribution in [3.8, 4) is 11.5 Å². The third-order valence-corrected chi connectivity index (χ3v) is 3.19. The molecule has 0 aliphatic rings. The summed E-state index contributed by atoms with van der Waals surface area (Å²) < 4.78 is 15.9. The molecule has 0 saturated carbocycles. The molecule has 1 aromatic carbocycles. The SMILES string of the molecule is CCc1cnc(NC(=O)c2ccc(OCC(=O)NC)c(OC)c2)o1. The Labute approximate surface area is 139 Å². The van der Waals surface area contributed by atoms with Gasteiger partial charge in [-0.05, 0) is 18.2 Å². The van der Waals surface area contributed by atoms with Gasteiger partial charge in [0.15, 0.2) is 18.1 Å². The summed E-state index contributed by atoms with van der Waals surface area (Å²) in [5, 5.41) is 5.02. The zero-order valence-electron chi connectivity index (χ0n) is 13.7. The Morgan fingerprint density at radius 2 is 2.08 bits per heavy atom. The average Bonchev–Trinajstić information content (AvgIpc) is 3.06. The predicted octanol–water partition coefficient (Wildman–Crippen LogP) is 1.62. The lowest BCUT2D eigenvalue weighted by atomic mass is 10.2. The summed E-state index contributed by atoms with van der Waals surface area (Å²) in [7, 11) is 2.97. The summed E-state index contributed by atoms with van der Waals surface area (Å²) >= 11 is 0. The highest BCUT2D eigenvalue weighted by Gasteiger charge is 2.14. The molecule has 8 heteroatoms. The number of carbonyl (C=O) groups excluding carboxylic acids is 2. The number of benzene rings is 1. The van der Waals surface area contributed by atoms with Crippen LogP contribution in [0.3, 0.4) is 0 Å². The van der Waals surface area contributed by atoms with Crippen molar-refractivity contribution in [2.75, 3.05) is 26.1 Å². The van der Waals surface area contributed by atoms with E-state index >= 15 is 0 Å². The maximum atomic E-state index is 12.2. The predicted molar refractivity (Wildman–Crippen MR) is 86.4 cm³/mol. The number of nitrogens with zero attached hydrogens (tertiary/aromatic N) is 1. The molecule has 2 rings (SSSR count). The van der Waals surface area contributed by atoms with Crippen LogP contribution in [-0.4, -0.2) is 37.6 Å². The van der Waals surface area contributed by atoms with Gasteiger partial charge in [-0.1, -0.05) is 6.92 Å². The van der Waals surface area contributed by atoms with Gasteiger partial charge in [-0.15, -0.1) is 0 Å². The van der Waals surface area contributed by atoms with Gasteiger partial charge in [0, 0.05) is 19.0 Å². The van der Waals surface area contributed by atoms with Crippen LogP contribution < -0.4 is 20.1 Å². The Bertz CT molecular complexity index is 726. The number of hydrogen-bond donors (Lipinski definition) is 2. The van der Waals surface area contributed by atoms with Crippen molar-refractivity contribution in [1.29, 1.82) is 0 Å². The van der Waals surface area contributed by atoms with Gasteiger partial charge in [0.2, 0.25) is 0 Å². The van der Waals surface area contributed by atoms with Crippen molar-refractivity contribution in [2.45, 2.75) is 13.3 Å². The second-order valence-electron chi connectivity index (χ2n) is 4.77. The van der Waals surface area contributed by atoms with E-state index in [1.807, 2.05) is 6.92 Å². The fourth-order valence-electron chi connectivity index (χ4n) is 1.84. The highest BCUT2D eigenvalue weighted by atomic mass is 16.5. The summed E-state index contributed by atoms with van der Waals surface area (Å²) in [5.41, 5.74) is 0.343. The molecule has 0 atom stereocenters. The first kappa shape index (κ1) is 17.3. The van der Waals surface area contributed by atoms with Crippen molar-refractivity contribution < 1.29 is 23.5 Å². The lowest BCUT2D eigenvalue weighted by Gasteiger charge is -2.11. The highest BCUT2D eigenvalue weighted by Crippen LogP contribution is 2.28. The summed E-state index contributed by atoms with van der Waals surface area (Å²) in [5.74, 6) is 0.723. The number of ether oxygens (including phenoxy) is 2. The molecule has 2 amide bonds. The molecule has 24 heavy (non-hydrogen) atoms. The van der Waals surface area contributed by atoms with Crippen LogP contribution in [0.5, 0.6) is 11.5 Å². The van der Waals surface area contributed by atoms with Crippen LogP contribution in [-0.2, 0) is 11.2 Å². The van der Waals surface area contributed by atoms with Crippen molar-refractivity contribution in [3.63, 3.8) is 0 Å². The number of likely N-dealkylation sites (N-methyl/N-ethyl adjacent to an activating group) is 1. The third-order valence-electron chi connectivity index (χ3n) is 3.19. The van der Waals surface area contributed by atoms with Crippen molar-refractivity contribution in [3.05, 3.63) is 35.7 Å². The highest BCUT2D eigenvalue weighted by molar-refractivity contribution is 6.03.